The van der Waals surface area contributed by atoms with E-state index in [4.69, 9.17) is 5.11 Å². The largest absolute Gasteiger partial charge is 0.478 e. The smallest absolute Gasteiger partial charge is 0.335 e. The Morgan fingerprint density at radius 2 is 1.77 bits per heavy atom. The fourth-order valence-electron chi connectivity index (χ4n) is 3.66. The van der Waals surface area contributed by atoms with Crippen LogP contribution in [0.25, 0.3) is 0 Å². The molecular formula is C25H29N3O5S2. The molecule has 10 heteroatoms. The monoisotopic (exact) mass is 515 g/mol. The maximum Gasteiger partial charge on any atom is 0.335 e. The summed E-state index contributed by atoms with van der Waals surface area (Å²) in [5.41, 5.74) is 3.02. The van der Waals surface area contributed by atoms with Crippen LogP contribution in [0.3, 0.4) is 0 Å². The molecule has 3 aromatic rings. The SMILES string of the molecule is CCCCN(c1ccccc1CCc1ccc(C(=O)O)cc1)S(=O)(=O)c1sc(NC(C)=O)nc1C. The van der Waals surface area contributed by atoms with Crippen LogP contribution in [0.1, 0.15) is 53.9 Å². The molecule has 0 aliphatic carbocycles. The lowest BCUT2D eigenvalue weighted by Gasteiger charge is -2.26. The van der Waals surface area contributed by atoms with Gasteiger partial charge in [-0.3, -0.25) is 9.10 Å². The number of hydrogen-bond donors (Lipinski definition) is 2. The van der Waals surface area contributed by atoms with Crippen molar-refractivity contribution >= 4 is 44.1 Å². The highest BCUT2D eigenvalue weighted by molar-refractivity contribution is 7.94. The summed E-state index contributed by atoms with van der Waals surface area (Å²) in [4.78, 5) is 26.8. The summed E-state index contributed by atoms with van der Waals surface area (Å²) in [7, 11) is -3.92. The quantitative estimate of drug-likeness (QED) is 0.376. The molecule has 1 aromatic heterocycles. The number of carboxylic acid groups (broad SMARTS) is 1. The Morgan fingerprint density at radius 3 is 2.40 bits per heavy atom. The Hall–Kier alpha value is -3.24. The number of aryl methyl sites for hydroxylation is 3. The molecule has 0 spiro atoms. The number of amides is 1. The van der Waals surface area contributed by atoms with Crippen LogP contribution >= 0.6 is 11.3 Å². The number of carbonyl (C=O) groups excluding carboxylic acids is 1. The first-order valence-electron chi connectivity index (χ1n) is 11.3. The summed E-state index contributed by atoms with van der Waals surface area (Å²) >= 11 is 0.950. The molecule has 2 N–H and O–H groups in total. The highest BCUT2D eigenvalue weighted by Crippen LogP contribution is 2.34. The number of anilines is 2. The summed E-state index contributed by atoms with van der Waals surface area (Å²) in [6.07, 6.45) is 2.72. The van der Waals surface area contributed by atoms with Crippen molar-refractivity contribution in [2.75, 3.05) is 16.2 Å². The number of carbonyl (C=O) groups is 2. The van der Waals surface area contributed by atoms with E-state index in [9.17, 15) is 18.0 Å². The van der Waals surface area contributed by atoms with Crippen LogP contribution in [0.15, 0.2) is 52.7 Å². The van der Waals surface area contributed by atoms with Gasteiger partial charge in [0.05, 0.1) is 16.9 Å². The van der Waals surface area contributed by atoms with Crippen molar-refractivity contribution in [2.24, 2.45) is 0 Å². The number of hydrogen-bond acceptors (Lipinski definition) is 6. The maximum atomic E-state index is 13.8. The number of para-hydroxylation sites is 1. The molecule has 0 unspecified atom stereocenters. The van der Waals surface area contributed by atoms with E-state index in [1.54, 1.807) is 37.3 Å². The number of nitrogens with one attached hydrogen (secondary N) is 1. The Balaban J connectivity index is 1.94. The maximum absolute atomic E-state index is 13.8. The second-order valence-electron chi connectivity index (χ2n) is 8.13. The third kappa shape index (κ3) is 6.46. The molecule has 2 aromatic carbocycles. The number of carboxylic acids is 1. The van der Waals surface area contributed by atoms with Crippen LogP contribution < -0.4 is 9.62 Å². The molecule has 0 fully saturated rings. The van der Waals surface area contributed by atoms with Crippen molar-refractivity contribution < 1.29 is 23.1 Å². The van der Waals surface area contributed by atoms with Crippen molar-refractivity contribution in [3.63, 3.8) is 0 Å². The molecule has 3 rings (SSSR count). The first-order chi connectivity index (χ1) is 16.6. The van der Waals surface area contributed by atoms with Crippen molar-refractivity contribution in [3.05, 3.63) is 70.9 Å². The van der Waals surface area contributed by atoms with E-state index in [0.717, 1.165) is 28.9 Å². The van der Waals surface area contributed by atoms with Gasteiger partial charge in [-0.2, -0.15) is 0 Å². The first-order valence-corrected chi connectivity index (χ1v) is 13.6. The number of benzene rings is 2. The minimum Gasteiger partial charge on any atom is -0.478 e. The molecule has 1 heterocycles. The highest BCUT2D eigenvalue weighted by atomic mass is 32.2. The molecule has 0 saturated heterocycles. The number of aromatic carboxylic acids is 1. The molecule has 0 bridgehead atoms. The van der Waals surface area contributed by atoms with E-state index in [-0.39, 0.29) is 20.8 Å². The number of thiazole rings is 1. The molecule has 8 nitrogen and oxygen atoms in total. The molecule has 0 aliphatic rings. The van der Waals surface area contributed by atoms with Gasteiger partial charge in [0.2, 0.25) is 5.91 Å². The zero-order valence-electron chi connectivity index (χ0n) is 19.9. The number of aromatic nitrogens is 1. The predicted octanol–water partition coefficient (Wildman–Crippen LogP) is 4.89. The minimum absolute atomic E-state index is 0.108. The second kappa shape index (κ2) is 11.5. The van der Waals surface area contributed by atoms with E-state index in [1.165, 1.54) is 11.2 Å². The Bertz CT molecular complexity index is 1300. The van der Waals surface area contributed by atoms with E-state index < -0.39 is 16.0 Å². The van der Waals surface area contributed by atoms with Crippen molar-refractivity contribution in [1.29, 1.82) is 0 Å². The van der Waals surface area contributed by atoms with Crippen LogP contribution in [0.5, 0.6) is 0 Å². The summed E-state index contributed by atoms with van der Waals surface area (Å²) in [5, 5.41) is 11.9. The molecule has 0 radical (unpaired) electrons. The van der Waals surface area contributed by atoms with Crippen LogP contribution in [0.4, 0.5) is 10.8 Å². The van der Waals surface area contributed by atoms with Gasteiger partial charge in [-0.1, -0.05) is 55.0 Å². The summed E-state index contributed by atoms with van der Waals surface area (Å²) in [5.74, 6) is -1.29. The highest BCUT2D eigenvalue weighted by Gasteiger charge is 2.30. The van der Waals surface area contributed by atoms with Crippen molar-refractivity contribution in [2.45, 2.75) is 50.7 Å². The van der Waals surface area contributed by atoms with Crippen LogP contribution in [0, 0.1) is 6.92 Å². The van der Waals surface area contributed by atoms with Crippen LogP contribution in [0.2, 0.25) is 0 Å². The van der Waals surface area contributed by atoms with Gasteiger partial charge in [0, 0.05) is 13.5 Å². The Kier molecular flexibility index (Phi) is 8.63. The Morgan fingerprint density at radius 1 is 1.09 bits per heavy atom. The fraction of sp³-hybridized carbons (Fsp3) is 0.320. The van der Waals surface area contributed by atoms with Crippen molar-refractivity contribution in [1.82, 2.24) is 4.98 Å². The van der Waals surface area contributed by atoms with Gasteiger partial charge in [0.25, 0.3) is 10.0 Å². The molecule has 35 heavy (non-hydrogen) atoms. The molecular weight excluding hydrogens is 486 g/mol. The zero-order valence-corrected chi connectivity index (χ0v) is 21.6. The average molecular weight is 516 g/mol. The van der Waals surface area contributed by atoms with Gasteiger partial charge in [-0.15, -0.1) is 0 Å². The number of sulfonamides is 1. The third-order valence-electron chi connectivity index (χ3n) is 5.42. The van der Waals surface area contributed by atoms with Crippen molar-refractivity contribution in [3.8, 4) is 0 Å². The van der Waals surface area contributed by atoms with E-state index in [2.05, 4.69) is 10.3 Å². The fourth-order valence-corrected chi connectivity index (χ4v) is 6.76. The second-order valence-corrected chi connectivity index (χ2v) is 11.2. The number of nitrogens with zero attached hydrogens (tertiary/aromatic N) is 2. The average Bonchev–Trinajstić information content (AvgIpc) is 3.18. The molecule has 0 saturated carbocycles. The zero-order chi connectivity index (χ0) is 25.6. The lowest BCUT2D eigenvalue weighted by atomic mass is 10.0. The Labute approximate surface area is 209 Å². The van der Waals surface area contributed by atoms with Gasteiger partial charge in [0.1, 0.15) is 0 Å². The molecule has 0 aliphatic heterocycles. The van der Waals surface area contributed by atoms with E-state index >= 15 is 0 Å². The predicted molar refractivity (Wildman–Crippen MR) is 138 cm³/mol. The summed E-state index contributed by atoms with van der Waals surface area (Å²) in [6, 6.07) is 14.1. The van der Waals surface area contributed by atoms with Crippen LogP contribution in [-0.2, 0) is 27.7 Å². The lowest BCUT2D eigenvalue weighted by Crippen LogP contribution is -2.32. The van der Waals surface area contributed by atoms with Crippen LogP contribution in [-0.4, -0.2) is 36.9 Å². The lowest BCUT2D eigenvalue weighted by molar-refractivity contribution is -0.114. The van der Waals surface area contributed by atoms with Gasteiger partial charge >= 0.3 is 5.97 Å². The van der Waals surface area contributed by atoms with Gasteiger partial charge in [-0.05, 0) is 55.5 Å². The third-order valence-corrected chi connectivity index (χ3v) is 8.89. The molecule has 186 valence electrons. The molecule has 1 amide bonds. The topological polar surface area (TPSA) is 117 Å². The normalized spacial score (nSPS) is 11.3. The molecule has 0 atom stereocenters. The van der Waals surface area contributed by atoms with E-state index in [1.807, 2.05) is 25.1 Å². The number of unbranched alkanes of at least 4 members (excludes halogenated alkanes) is 1. The van der Waals surface area contributed by atoms with Gasteiger partial charge < -0.3 is 10.4 Å². The first kappa shape index (κ1) is 26.4. The minimum atomic E-state index is -3.92. The number of rotatable bonds is 11. The summed E-state index contributed by atoms with van der Waals surface area (Å²) < 4.78 is 29.2. The van der Waals surface area contributed by atoms with Gasteiger partial charge in [0.15, 0.2) is 9.34 Å². The van der Waals surface area contributed by atoms with E-state index in [0.29, 0.717) is 37.2 Å². The summed E-state index contributed by atoms with van der Waals surface area (Å²) in [6.45, 7) is 5.30. The van der Waals surface area contributed by atoms with Gasteiger partial charge in [-0.25, -0.2) is 18.2 Å². The standard InChI is InChI=1S/C25H29N3O5S2/c1-4-5-16-28(35(32,33)24-17(2)26-25(34-24)27-18(3)29)22-9-7-6-8-20(22)13-10-19-11-14-21(15-12-19)23(30)31/h6-9,11-12,14-15H,4-5,10,13,16H2,1-3H3,(H,30,31)(H,26,27,29).